The standard InChI is InChI=1S/C14H16BrNO3S2/c1-9(11-5-4-6-12(7-11)19-3)16-21(17,18)13-8-14(15)20-10(13)2/h4-9,16H,1-3H3. The number of ether oxygens (including phenoxy) is 1. The van der Waals surface area contributed by atoms with Gasteiger partial charge in [0.05, 0.1) is 15.8 Å². The molecule has 4 nitrogen and oxygen atoms in total. The Labute approximate surface area is 137 Å². The van der Waals surface area contributed by atoms with Crippen molar-refractivity contribution in [1.82, 2.24) is 4.72 Å². The second-order valence-electron chi connectivity index (χ2n) is 4.59. The fourth-order valence-corrected chi connectivity index (χ4v) is 5.62. The smallest absolute Gasteiger partial charge is 0.242 e. The third-order valence-corrected chi connectivity index (χ3v) is 6.41. The minimum Gasteiger partial charge on any atom is -0.497 e. The second-order valence-corrected chi connectivity index (χ2v) is 8.91. The summed E-state index contributed by atoms with van der Waals surface area (Å²) in [5, 5.41) is 0. The first-order chi connectivity index (χ1) is 9.83. The summed E-state index contributed by atoms with van der Waals surface area (Å²) in [6, 6.07) is 8.63. The number of hydrogen-bond donors (Lipinski definition) is 1. The fraction of sp³-hybridized carbons (Fsp3) is 0.286. The van der Waals surface area contributed by atoms with Gasteiger partial charge in [0, 0.05) is 10.9 Å². The molecule has 7 heteroatoms. The molecule has 0 aliphatic heterocycles. The molecule has 2 aromatic rings. The van der Waals surface area contributed by atoms with E-state index in [0.29, 0.717) is 10.6 Å². The highest BCUT2D eigenvalue weighted by Crippen LogP contribution is 2.30. The molecule has 0 saturated heterocycles. The maximum absolute atomic E-state index is 12.4. The number of methoxy groups -OCH3 is 1. The fourth-order valence-electron chi connectivity index (χ4n) is 1.97. The van der Waals surface area contributed by atoms with Gasteiger partial charge in [0.2, 0.25) is 10.0 Å². The predicted octanol–water partition coefficient (Wildman–Crippen LogP) is 3.87. The third-order valence-electron chi connectivity index (χ3n) is 3.06. The van der Waals surface area contributed by atoms with E-state index in [-0.39, 0.29) is 6.04 Å². The van der Waals surface area contributed by atoms with E-state index in [1.54, 1.807) is 20.1 Å². The van der Waals surface area contributed by atoms with Crippen LogP contribution in [0.15, 0.2) is 39.0 Å². The van der Waals surface area contributed by atoms with Crippen LogP contribution in [0.3, 0.4) is 0 Å². The van der Waals surface area contributed by atoms with Crippen molar-refractivity contribution in [3.63, 3.8) is 0 Å². The first-order valence-corrected chi connectivity index (χ1v) is 9.35. The van der Waals surface area contributed by atoms with E-state index in [4.69, 9.17) is 4.74 Å². The van der Waals surface area contributed by atoms with Gasteiger partial charge in [-0.05, 0) is 53.5 Å². The highest BCUT2D eigenvalue weighted by Gasteiger charge is 2.22. The maximum atomic E-state index is 12.4. The summed E-state index contributed by atoms with van der Waals surface area (Å²) >= 11 is 4.72. The lowest BCUT2D eigenvalue weighted by molar-refractivity contribution is 0.413. The molecule has 0 aliphatic carbocycles. The number of nitrogens with one attached hydrogen (secondary N) is 1. The number of halogens is 1. The Bertz CT molecular complexity index is 740. The van der Waals surface area contributed by atoms with Gasteiger partial charge < -0.3 is 4.74 Å². The number of rotatable bonds is 5. The summed E-state index contributed by atoms with van der Waals surface area (Å²) in [4.78, 5) is 1.07. The van der Waals surface area contributed by atoms with Crippen LogP contribution in [-0.4, -0.2) is 15.5 Å². The van der Waals surface area contributed by atoms with Crippen LogP contribution in [0.5, 0.6) is 5.75 Å². The van der Waals surface area contributed by atoms with Crippen LogP contribution in [0.1, 0.15) is 23.4 Å². The molecule has 1 heterocycles. The Morgan fingerprint density at radius 2 is 2.05 bits per heavy atom. The van der Waals surface area contributed by atoms with Crippen molar-refractivity contribution in [3.05, 3.63) is 44.6 Å². The van der Waals surface area contributed by atoms with Gasteiger partial charge >= 0.3 is 0 Å². The van der Waals surface area contributed by atoms with Gasteiger partial charge in [0.15, 0.2) is 0 Å². The largest absolute Gasteiger partial charge is 0.497 e. The molecule has 1 aromatic heterocycles. The zero-order valence-corrected chi connectivity index (χ0v) is 15.1. The van der Waals surface area contributed by atoms with Crippen molar-refractivity contribution < 1.29 is 13.2 Å². The minimum atomic E-state index is -3.55. The summed E-state index contributed by atoms with van der Waals surface area (Å²) in [7, 11) is -1.96. The van der Waals surface area contributed by atoms with Gasteiger partial charge in [-0.3, -0.25) is 0 Å². The molecule has 1 unspecified atom stereocenters. The zero-order valence-electron chi connectivity index (χ0n) is 11.9. The molecule has 0 radical (unpaired) electrons. The van der Waals surface area contributed by atoms with E-state index in [1.807, 2.05) is 31.2 Å². The van der Waals surface area contributed by atoms with Gasteiger partial charge in [-0.2, -0.15) is 0 Å². The quantitative estimate of drug-likeness (QED) is 0.844. The van der Waals surface area contributed by atoms with E-state index >= 15 is 0 Å². The molecular weight excluding hydrogens is 374 g/mol. The molecule has 0 spiro atoms. The van der Waals surface area contributed by atoms with Gasteiger partial charge in [-0.25, -0.2) is 13.1 Å². The maximum Gasteiger partial charge on any atom is 0.242 e. The summed E-state index contributed by atoms with van der Waals surface area (Å²) in [6.45, 7) is 3.60. The molecule has 2 rings (SSSR count). The Kier molecular flexibility index (Phi) is 5.08. The molecule has 0 fully saturated rings. The lowest BCUT2D eigenvalue weighted by atomic mass is 10.1. The molecule has 21 heavy (non-hydrogen) atoms. The number of thiophene rings is 1. The van der Waals surface area contributed by atoms with Gasteiger partial charge in [-0.15, -0.1) is 11.3 Å². The molecule has 1 atom stereocenters. The van der Waals surface area contributed by atoms with Gasteiger partial charge in [0.25, 0.3) is 0 Å². The number of hydrogen-bond acceptors (Lipinski definition) is 4. The normalized spacial score (nSPS) is 13.1. The van der Waals surface area contributed by atoms with E-state index in [2.05, 4.69) is 20.7 Å². The van der Waals surface area contributed by atoms with Crippen LogP contribution in [0, 0.1) is 6.92 Å². The van der Waals surface area contributed by atoms with Crippen LogP contribution >= 0.6 is 27.3 Å². The molecule has 0 bridgehead atoms. The van der Waals surface area contributed by atoms with E-state index in [1.165, 1.54) is 11.3 Å². The molecule has 114 valence electrons. The summed E-state index contributed by atoms with van der Waals surface area (Å²) in [5.41, 5.74) is 0.852. The SMILES string of the molecule is COc1cccc(C(C)NS(=O)(=O)c2cc(Br)sc2C)c1. The highest BCUT2D eigenvalue weighted by atomic mass is 79.9. The molecule has 1 aromatic carbocycles. The minimum absolute atomic E-state index is 0.314. The van der Waals surface area contributed by atoms with Crippen LogP contribution in [0.4, 0.5) is 0 Å². The van der Waals surface area contributed by atoms with Crippen molar-refractivity contribution in [3.8, 4) is 5.75 Å². The van der Waals surface area contributed by atoms with Gasteiger partial charge in [-0.1, -0.05) is 12.1 Å². The van der Waals surface area contributed by atoms with Crippen LogP contribution in [0.2, 0.25) is 0 Å². The number of aryl methyl sites for hydroxylation is 1. The second kappa shape index (κ2) is 6.48. The Hall–Kier alpha value is -0.890. The third kappa shape index (κ3) is 3.85. The highest BCUT2D eigenvalue weighted by molar-refractivity contribution is 9.11. The van der Waals surface area contributed by atoms with E-state index in [9.17, 15) is 8.42 Å². The van der Waals surface area contributed by atoms with Crippen LogP contribution in [-0.2, 0) is 10.0 Å². The van der Waals surface area contributed by atoms with Crippen molar-refractivity contribution in [2.24, 2.45) is 0 Å². The number of benzene rings is 1. The van der Waals surface area contributed by atoms with E-state index < -0.39 is 10.0 Å². The lowest BCUT2D eigenvalue weighted by Gasteiger charge is -2.15. The zero-order chi connectivity index (χ0) is 15.6. The Morgan fingerprint density at radius 1 is 1.33 bits per heavy atom. The first-order valence-electron chi connectivity index (χ1n) is 6.25. The Balaban J connectivity index is 2.25. The Morgan fingerprint density at radius 3 is 2.62 bits per heavy atom. The van der Waals surface area contributed by atoms with Gasteiger partial charge in [0.1, 0.15) is 5.75 Å². The molecule has 1 N–H and O–H groups in total. The van der Waals surface area contributed by atoms with E-state index in [0.717, 1.165) is 14.2 Å². The van der Waals surface area contributed by atoms with Crippen molar-refractivity contribution in [1.29, 1.82) is 0 Å². The van der Waals surface area contributed by atoms with Crippen molar-refractivity contribution in [2.75, 3.05) is 7.11 Å². The predicted molar refractivity (Wildman–Crippen MR) is 88.5 cm³/mol. The van der Waals surface area contributed by atoms with Crippen LogP contribution < -0.4 is 9.46 Å². The number of sulfonamides is 1. The topological polar surface area (TPSA) is 55.4 Å². The van der Waals surface area contributed by atoms with Crippen molar-refractivity contribution in [2.45, 2.75) is 24.8 Å². The van der Waals surface area contributed by atoms with Crippen molar-refractivity contribution >= 4 is 37.3 Å². The monoisotopic (exact) mass is 389 g/mol. The average molecular weight is 390 g/mol. The summed E-state index contributed by atoms with van der Waals surface area (Å²) < 4.78 is 33.6. The first kappa shape index (κ1) is 16.5. The average Bonchev–Trinajstić information content (AvgIpc) is 2.78. The summed E-state index contributed by atoms with van der Waals surface area (Å²) in [5.74, 6) is 0.702. The molecule has 0 saturated carbocycles. The summed E-state index contributed by atoms with van der Waals surface area (Å²) in [6.07, 6.45) is 0. The molecule has 0 amide bonds. The van der Waals surface area contributed by atoms with Crippen LogP contribution in [0.25, 0.3) is 0 Å². The molecule has 0 aliphatic rings. The lowest BCUT2D eigenvalue weighted by Crippen LogP contribution is -2.27. The molecular formula is C14H16BrNO3S2.